The summed E-state index contributed by atoms with van der Waals surface area (Å²) in [6.07, 6.45) is 5.12. The maximum atomic E-state index is 13.8. The fraction of sp³-hybridized carbons (Fsp3) is 0.440. The standard InChI is InChI=1S/C25H29Cl4N3O4S/c1-3-22(25(34)30-19-6-4-5-7-19)31(14-16-8-9-17(26)12-21(16)29)24(33)15-32(37(2,35)36)23-13-18(27)10-11-20(23)28/h8-13,19,22H,3-7,14-15H2,1-2H3,(H,30,34)/t22-/m1/s1. The average Bonchev–Trinajstić information content (AvgIpc) is 3.32. The topological polar surface area (TPSA) is 86.8 Å². The van der Waals surface area contributed by atoms with Crippen molar-refractivity contribution in [2.75, 3.05) is 17.1 Å². The summed E-state index contributed by atoms with van der Waals surface area (Å²) in [5.41, 5.74) is 0.635. The molecule has 0 saturated heterocycles. The third kappa shape index (κ3) is 7.90. The molecule has 37 heavy (non-hydrogen) atoms. The van der Waals surface area contributed by atoms with Crippen LogP contribution in [0.3, 0.4) is 0 Å². The minimum atomic E-state index is -3.95. The van der Waals surface area contributed by atoms with Crippen molar-refractivity contribution in [3.8, 4) is 0 Å². The predicted molar refractivity (Wildman–Crippen MR) is 150 cm³/mol. The Hall–Kier alpha value is -1.71. The summed E-state index contributed by atoms with van der Waals surface area (Å²) >= 11 is 24.8. The number of carbonyl (C=O) groups is 2. The molecule has 0 spiro atoms. The van der Waals surface area contributed by atoms with Crippen LogP contribution in [0.2, 0.25) is 20.1 Å². The molecule has 2 aromatic carbocycles. The van der Waals surface area contributed by atoms with Crippen LogP contribution < -0.4 is 9.62 Å². The van der Waals surface area contributed by atoms with E-state index < -0.39 is 28.5 Å². The number of carbonyl (C=O) groups excluding carboxylic acids is 2. The van der Waals surface area contributed by atoms with Gasteiger partial charge in [0.25, 0.3) is 0 Å². The lowest BCUT2D eigenvalue weighted by atomic mass is 10.1. The molecule has 3 rings (SSSR count). The molecule has 2 amide bonds. The number of nitrogens with one attached hydrogen (secondary N) is 1. The van der Waals surface area contributed by atoms with E-state index >= 15 is 0 Å². The first-order chi connectivity index (χ1) is 17.4. The SMILES string of the molecule is CC[C@H](C(=O)NC1CCCC1)N(Cc1ccc(Cl)cc1Cl)C(=O)CN(c1cc(Cl)ccc1Cl)S(C)(=O)=O. The van der Waals surface area contributed by atoms with Gasteiger partial charge in [-0.25, -0.2) is 8.42 Å². The zero-order valence-corrected chi connectivity index (χ0v) is 24.4. The third-order valence-corrected chi connectivity index (χ3v) is 8.57. The molecule has 1 aliphatic rings. The van der Waals surface area contributed by atoms with E-state index in [9.17, 15) is 18.0 Å². The highest BCUT2D eigenvalue weighted by Gasteiger charge is 2.33. The normalized spacial score (nSPS) is 14.9. The second kappa shape index (κ2) is 12.9. The first kappa shape index (κ1) is 29.8. The van der Waals surface area contributed by atoms with Crippen LogP contribution >= 0.6 is 46.4 Å². The van der Waals surface area contributed by atoms with Gasteiger partial charge in [0.05, 0.1) is 17.0 Å². The zero-order valence-electron chi connectivity index (χ0n) is 20.5. The van der Waals surface area contributed by atoms with Crippen molar-refractivity contribution >= 4 is 73.9 Å². The van der Waals surface area contributed by atoms with Crippen LogP contribution in [0, 0.1) is 0 Å². The Bertz CT molecular complexity index is 1250. The fourth-order valence-electron chi connectivity index (χ4n) is 4.39. The van der Waals surface area contributed by atoms with Gasteiger partial charge in [-0.3, -0.25) is 13.9 Å². The molecule has 12 heteroatoms. The largest absolute Gasteiger partial charge is 0.352 e. The van der Waals surface area contributed by atoms with Crippen LogP contribution in [-0.4, -0.2) is 50.0 Å². The van der Waals surface area contributed by atoms with E-state index in [0.29, 0.717) is 22.0 Å². The van der Waals surface area contributed by atoms with Crippen molar-refractivity contribution in [3.05, 3.63) is 62.1 Å². The summed E-state index contributed by atoms with van der Waals surface area (Å²) in [6, 6.07) is 8.42. The maximum absolute atomic E-state index is 13.8. The molecule has 0 aromatic heterocycles. The van der Waals surface area contributed by atoms with E-state index in [0.717, 1.165) is 36.2 Å². The van der Waals surface area contributed by atoms with Gasteiger partial charge in [0.1, 0.15) is 12.6 Å². The highest BCUT2D eigenvalue weighted by molar-refractivity contribution is 7.92. The number of anilines is 1. The highest BCUT2D eigenvalue weighted by Crippen LogP contribution is 2.31. The number of benzene rings is 2. The molecule has 0 heterocycles. The van der Waals surface area contributed by atoms with Crippen molar-refractivity contribution in [1.82, 2.24) is 10.2 Å². The molecule has 0 unspecified atom stereocenters. The lowest BCUT2D eigenvalue weighted by Crippen LogP contribution is -2.53. The predicted octanol–water partition coefficient (Wildman–Crippen LogP) is 5.93. The first-order valence-electron chi connectivity index (χ1n) is 11.9. The number of hydrogen-bond acceptors (Lipinski definition) is 4. The number of hydrogen-bond donors (Lipinski definition) is 1. The second-order valence-corrected chi connectivity index (χ2v) is 12.6. The summed E-state index contributed by atoms with van der Waals surface area (Å²) < 4.78 is 26.4. The number of nitrogens with zero attached hydrogens (tertiary/aromatic N) is 2. The Morgan fingerprint density at radius 1 is 1.00 bits per heavy atom. The number of sulfonamides is 1. The van der Waals surface area contributed by atoms with E-state index in [1.165, 1.54) is 23.1 Å². The lowest BCUT2D eigenvalue weighted by molar-refractivity contribution is -0.140. The van der Waals surface area contributed by atoms with E-state index in [1.54, 1.807) is 25.1 Å². The Labute approximate surface area is 238 Å². The molecule has 1 N–H and O–H groups in total. The molecule has 0 bridgehead atoms. The van der Waals surface area contributed by atoms with Crippen LogP contribution in [0.5, 0.6) is 0 Å². The summed E-state index contributed by atoms with van der Waals surface area (Å²) in [5, 5.41) is 4.17. The molecular formula is C25H29Cl4N3O4S. The van der Waals surface area contributed by atoms with Gasteiger partial charge in [0.15, 0.2) is 0 Å². The van der Waals surface area contributed by atoms with Crippen molar-refractivity contribution in [2.45, 2.75) is 57.7 Å². The van der Waals surface area contributed by atoms with Crippen molar-refractivity contribution < 1.29 is 18.0 Å². The Morgan fingerprint density at radius 3 is 2.22 bits per heavy atom. The molecule has 1 fully saturated rings. The number of rotatable bonds is 10. The van der Waals surface area contributed by atoms with Gasteiger partial charge in [-0.05, 0) is 55.2 Å². The van der Waals surface area contributed by atoms with Gasteiger partial charge < -0.3 is 10.2 Å². The molecule has 1 atom stereocenters. The average molecular weight is 609 g/mol. The van der Waals surface area contributed by atoms with Crippen molar-refractivity contribution in [1.29, 1.82) is 0 Å². The van der Waals surface area contributed by atoms with Crippen LogP contribution in [0.1, 0.15) is 44.6 Å². The Kier molecular flexibility index (Phi) is 10.4. The van der Waals surface area contributed by atoms with Crippen LogP contribution in [0.25, 0.3) is 0 Å². The third-order valence-electron chi connectivity index (χ3n) is 6.30. The molecule has 0 aliphatic heterocycles. The molecule has 1 saturated carbocycles. The highest BCUT2D eigenvalue weighted by atomic mass is 35.5. The Morgan fingerprint density at radius 2 is 1.62 bits per heavy atom. The summed E-state index contributed by atoms with van der Waals surface area (Å²) in [6.45, 7) is 1.19. The maximum Gasteiger partial charge on any atom is 0.244 e. The van der Waals surface area contributed by atoms with Crippen LogP contribution in [-0.2, 0) is 26.2 Å². The van der Waals surface area contributed by atoms with Gasteiger partial charge in [-0.2, -0.15) is 0 Å². The van der Waals surface area contributed by atoms with Gasteiger partial charge in [0, 0.05) is 27.7 Å². The lowest BCUT2D eigenvalue weighted by Gasteiger charge is -2.33. The molecule has 7 nitrogen and oxygen atoms in total. The molecular weight excluding hydrogens is 580 g/mol. The minimum Gasteiger partial charge on any atom is -0.352 e. The van der Waals surface area contributed by atoms with E-state index in [4.69, 9.17) is 46.4 Å². The summed E-state index contributed by atoms with van der Waals surface area (Å²) in [5.74, 6) is -0.888. The molecule has 2 aromatic rings. The van der Waals surface area contributed by atoms with Gasteiger partial charge >= 0.3 is 0 Å². The quantitative estimate of drug-likeness (QED) is 0.362. The number of amides is 2. The fourth-order valence-corrected chi connectivity index (χ4v) is 6.15. The van der Waals surface area contributed by atoms with E-state index in [2.05, 4.69) is 5.32 Å². The smallest absolute Gasteiger partial charge is 0.244 e. The number of halogens is 4. The van der Waals surface area contributed by atoms with Gasteiger partial charge in [-0.1, -0.05) is 72.2 Å². The van der Waals surface area contributed by atoms with Crippen LogP contribution in [0.4, 0.5) is 5.69 Å². The molecule has 0 radical (unpaired) electrons. The van der Waals surface area contributed by atoms with E-state index in [1.807, 2.05) is 0 Å². The minimum absolute atomic E-state index is 0.0215. The molecule has 1 aliphatic carbocycles. The van der Waals surface area contributed by atoms with Crippen LogP contribution in [0.15, 0.2) is 36.4 Å². The first-order valence-corrected chi connectivity index (χ1v) is 15.2. The monoisotopic (exact) mass is 607 g/mol. The summed E-state index contributed by atoms with van der Waals surface area (Å²) in [4.78, 5) is 28.5. The Balaban J connectivity index is 1.98. The second-order valence-electron chi connectivity index (χ2n) is 9.04. The van der Waals surface area contributed by atoms with Gasteiger partial charge in [-0.15, -0.1) is 0 Å². The van der Waals surface area contributed by atoms with Crippen molar-refractivity contribution in [2.24, 2.45) is 0 Å². The van der Waals surface area contributed by atoms with E-state index in [-0.39, 0.29) is 34.2 Å². The molecule has 202 valence electrons. The zero-order chi connectivity index (χ0) is 27.3. The van der Waals surface area contributed by atoms with Crippen molar-refractivity contribution in [3.63, 3.8) is 0 Å². The summed E-state index contributed by atoms with van der Waals surface area (Å²) in [7, 11) is -3.95. The van der Waals surface area contributed by atoms with Gasteiger partial charge in [0.2, 0.25) is 21.8 Å².